The molecule has 29 heavy (non-hydrogen) atoms. The van der Waals surface area contributed by atoms with Crippen molar-refractivity contribution in [2.24, 2.45) is 0 Å². The molecule has 8 heteroatoms. The van der Waals surface area contributed by atoms with Gasteiger partial charge in [-0.05, 0) is 35.4 Å². The molecule has 0 aromatic heterocycles. The second-order valence-electron chi connectivity index (χ2n) is 6.78. The van der Waals surface area contributed by atoms with Gasteiger partial charge in [0.25, 0.3) is 0 Å². The highest BCUT2D eigenvalue weighted by atomic mass is 35.5. The Bertz CT molecular complexity index is 827. The van der Waals surface area contributed by atoms with Gasteiger partial charge in [-0.3, -0.25) is 9.69 Å². The van der Waals surface area contributed by atoms with Crippen LogP contribution in [0.1, 0.15) is 29.2 Å². The Morgan fingerprint density at radius 1 is 1.17 bits per heavy atom. The van der Waals surface area contributed by atoms with Crippen LogP contribution in [-0.2, 0) is 22.3 Å². The summed E-state index contributed by atoms with van der Waals surface area (Å²) in [5.41, 5.74) is 0.335. The van der Waals surface area contributed by atoms with Gasteiger partial charge >= 0.3 is 6.18 Å². The fraction of sp³-hybridized carbons (Fsp3) is 0.381. The first-order valence-electron chi connectivity index (χ1n) is 9.23. The molecule has 1 unspecified atom stereocenters. The molecular weight excluding hydrogens is 407 g/mol. The van der Waals surface area contributed by atoms with Crippen molar-refractivity contribution in [2.45, 2.75) is 25.3 Å². The van der Waals surface area contributed by atoms with Crippen LogP contribution in [0.2, 0.25) is 0 Å². The number of morpholine rings is 1. The number of carbonyl (C=O) groups excluding carboxylic acids is 1. The molecule has 0 aliphatic carbocycles. The van der Waals surface area contributed by atoms with E-state index >= 15 is 0 Å². The van der Waals surface area contributed by atoms with Crippen molar-refractivity contribution in [2.75, 3.05) is 26.2 Å². The second kappa shape index (κ2) is 9.61. The zero-order valence-electron chi connectivity index (χ0n) is 15.6. The molecule has 0 spiro atoms. The standard InChI is InChI=1S/C21H21ClF3NO3/c22-20(27)9-10-26-11-12-28-19(13-26)15-5-7-17(8-6-15)29-14-16-3-1-2-4-18(16)21(23,24)25/h1-8,19H,9-14H2. The summed E-state index contributed by atoms with van der Waals surface area (Å²) in [5, 5.41) is -0.360. The number of hydrogen-bond donors (Lipinski definition) is 0. The van der Waals surface area contributed by atoms with Gasteiger partial charge in [-0.25, -0.2) is 0 Å². The molecule has 4 nitrogen and oxygen atoms in total. The molecule has 0 amide bonds. The molecule has 0 saturated carbocycles. The Kier molecular flexibility index (Phi) is 7.16. The first-order chi connectivity index (χ1) is 13.8. The van der Waals surface area contributed by atoms with Crippen molar-refractivity contribution in [3.05, 3.63) is 65.2 Å². The Hall–Kier alpha value is -2.09. The predicted octanol–water partition coefficient (Wildman–Crippen LogP) is 4.81. The largest absolute Gasteiger partial charge is 0.489 e. The molecular formula is C21H21ClF3NO3. The van der Waals surface area contributed by atoms with E-state index in [9.17, 15) is 18.0 Å². The number of ether oxygens (including phenoxy) is 2. The molecule has 3 rings (SSSR count). The zero-order chi connectivity index (χ0) is 20.9. The lowest BCUT2D eigenvalue weighted by molar-refractivity contribution is -0.138. The normalized spacial score (nSPS) is 17.9. The van der Waals surface area contributed by atoms with E-state index in [0.29, 0.717) is 31.9 Å². The molecule has 1 aliphatic rings. The SMILES string of the molecule is O=C(Cl)CCN1CCOC(c2ccc(OCc3ccccc3C(F)(F)F)cc2)C1. The van der Waals surface area contributed by atoms with E-state index in [4.69, 9.17) is 21.1 Å². The van der Waals surface area contributed by atoms with Crippen molar-refractivity contribution in [3.8, 4) is 5.75 Å². The molecule has 1 saturated heterocycles. The highest BCUT2D eigenvalue weighted by Gasteiger charge is 2.33. The van der Waals surface area contributed by atoms with Gasteiger partial charge in [0.2, 0.25) is 5.24 Å². The van der Waals surface area contributed by atoms with E-state index in [2.05, 4.69) is 4.90 Å². The van der Waals surface area contributed by atoms with Crippen molar-refractivity contribution >= 4 is 16.8 Å². The highest BCUT2D eigenvalue weighted by Crippen LogP contribution is 2.32. The molecule has 1 fully saturated rings. The fourth-order valence-electron chi connectivity index (χ4n) is 3.22. The number of alkyl halides is 3. The van der Waals surface area contributed by atoms with Gasteiger partial charge in [0.1, 0.15) is 12.4 Å². The minimum absolute atomic E-state index is 0.0872. The lowest BCUT2D eigenvalue weighted by atomic mass is 10.1. The summed E-state index contributed by atoms with van der Waals surface area (Å²) in [4.78, 5) is 13.1. The summed E-state index contributed by atoms with van der Waals surface area (Å²) in [5.74, 6) is 0.478. The molecule has 2 aromatic carbocycles. The minimum atomic E-state index is -4.41. The van der Waals surface area contributed by atoms with Crippen LogP contribution in [0.25, 0.3) is 0 Å². The molecule has 0 N–H and O–H groups in total. The van der Waals surface area contributed by atoms with Gasteiger partial charge < -0.3 is 9.47 Å². The van der Waals surface area contributed by atoms with Crippen LogP contribution in [0.15, 0.2) is 48.5 Å². The van der Waals surface area contributed by atoms with E-state index in [1.165, 1.54) is 12.1 Å². The number of carbonyl (C=O) groups is 1. The van der Waals surface area contributed by atoms with Gasteiger partial charge in [0, 0.05) is 31.6 Å². The second-order valence-corrected chi connectivity index (χ2v) is 7.20. The van der Waals surface area contributed by atoms with E-state index in [0.717, 1.165) is 18.2 Å². The van der Waals surface area contributed by atoms with Crippen LogP contribution in [0, 0.1) is 0 Å². The molecule has 2 aromatic rings. The summed E-state index contributed by atoms with van der Waals surface area (Å²) >= 11 is 5.40. The Labute approximate surface area is 172 Å². The average molecular weight is 428 g/mol. The van der Waals surface area contributed by atoms with Crippen LogP contribution in [0.5, 0.6) is 5.75 Å². The van der Waals surface area contributed by atoms with E-state index in [1.807, 2.05) is 12.1 Å². The molecule has 0 bridgehead atoms. The van der Waals surface area contributed by atoms with Gasteiger partial charge in [0.15, 0.2) is 0 Å². The summed E-state index contributed by atoms with van der Waals surface area (Å²) < 4.78 is 50.5. The van der Waals surface area contributed by atoms with Crippen LogP contribution in [0.4, 0.5) is 13.2 Å². The van der Waals surface area contributed by atoms with E-state index in [1.54, 1.807) is 18.2 Å². The molecule has 1 aliphatic heterocycles. The smallest absolute Gasteiger partial charge is 0.416 e. The summed E-state index contributed by atoms with van der Waals surface area (Å²) in [6.07, 6.45) is -4.27. The van der Waals surface area contributed by atoms with Crippen molar-refractivity contribution in [1.82, 2.24) is 4.90 Å². The maximum Gasteiger partial charge on any atom is 0.416 e. The van der Waals surface area contributed by atoms with Crippen LogP contribution < -0.4 is 4.74 Å². The van der Waals surface area contributed by atoms with Crippen molar-refractivity contribution < 1.29 is 27.4 Å². The first kappa shape index (κ1) is 21.6. The Morgan fingerprint density at radius 2 is 1.90 bits per heavy atom. The Morgan fingerprint density at radius 3 is 2.59 bits per heavy atom. The highest BCUT2D eigenvalue weighted by molar-refractivity contribution is 6.63. The number of halogens is 4. The average Bonchev–Trinajstić information content (AvgIpc) is 2.71. The lowest BCUT2D eigenvalue weighted by Gasteiger charge is -2.32. The molecule has 1 atom stereocenters. The third kappa shape index (κ3) is 6.19. The van der Waals surface area contributed by atoms with Gasteiger partial charge in [-0.1, -0.05) is 30.3 Å². The summed E-state index contributed by atoms with van der Waals surface area (Å²) in [7, 11) is 0. The number of nitrogens with zero attached hydrogens (tertiary/aromatic N) is 1. The van der Waals surface area contributed by atoms with Gasteiger partial charge in [-0.2, -0.15) is 13.2 Å². The third-order valence-electron chi connectivity index (χ3n) is 4.74. The molecule has 1 heterocycles. The molecule has 0 radical (unpaired) electrons. The van der Waals surface area contributed by atoms with Gasteiger partial charge in [0.05, 0.1) is 18.3 Å². The van der Waals surface area contributed by atoms with Crippen LogP contribution in [-0.4, -0.2) is 36.4 Å². The van der Waals surface area contributed by atoms with Crippen LogP contribution in [0.3, 0.4) is 0 Å². The summed E-state index contributed by atoms with van der Waals surface area (Å²) in [6, 6.07) is 12.5. The van der Waals surface area contributed by atoms with E-state index in [-0.39, 0.29) is 23.5 Å². The van der Waals surface area contributed by atoms with Crippen LogP contribution >= 0.6 is 11.6 Å². The number of hydrogen-bond acceptors (Lipinski definition) is 4. The Balaban J connectivity index is 1.59. The van der Waals surface area contributed by atoms with Gasteiger partial charge in [-0.15, -0.1) is 0 Å². The minimum Gasteiger partial charge on any atom is -0.489 e. The number of benzene rings is 2. The van der Waals surface area contributed by atoms with E-state index < -0.39 is 11.7 Å². The summed E-state index contributed by atoms with van der Waals surface area (Å²) in [6.45, 7) is 2.34. The first-order valence-corrected chi connectivity index (χ1v) is 9.61. The van der Waals surface area contributed by atoms with Crippen molar-refractivity contribution in [1.29, 1.82) is 0 Å². The lowest BCUT2D eigenvalue weighted by Crippen LogP contribution is -2.39. The third-order valence-corrected chi connectivity index (χ3v) is 4.93. The fourth-order valence-corrected chi connectivity index (χ4v) is 3.30. The predicted molar refractivity (Wildman–Crippen MR) is 103 cm³/mol. The monoisotopic (exact) mass is 427 g/mol. The van der Waals surface area contributed by atoms with Crippen molar-refractivity contribution in [3.63, 3.8) is 0 Å². The topological polar surface area (TPSA) is 38.8 Å². The maximum absolute atomic E-state index is 13.1. The quantitative estimate of drug-likeness (QED) is 0.594. The maximum atomic E-state index is 13.1. The number of rotatable bonds is 7. The molecule has 156 valence electrons. The zero-order valence-corrected chi connectivity index (χ0v) is 16.4.